The summed E-state index contributed by atoms with van der Waals surface area (Å²) in [7, 11) is 0. The quantitative estimate of drug-likeness (QED) is 0.139. The van der Waals surface area contributed by atoms with Crippen LogP contribution in [0.1, 0.15) is 0 Å². The minimum absolute atomic E-state index is 0.964. The summed E-state index contributed by atoms with van der Waals surface area (Å²) >= 11 is 0. The Morgan fingerprint density at radius 3 is 0.895 bits per heavy atom. The highest BCUT2D eigenvalue weighted by Crippen LogP contribution is 2.40. The molecule has 0 amide bonds. The van der Waals surface area contributed by atoms with Crippen LogP contribution in [0.3, 0.4) is 0 Å². The summed E-state index contributed by atoms with van der Waals surface area (Å²) < 4.78 is 0. The third-order valence-corrected chi connectivity index (χ3v) is 10.2. The van der Waals surface area contributed by atoms with Crippen LogP contribution in [0.4, 0.5) is 39.8 Å². The van der Waals surface area contributed by atoms with Crippen molar-refractivity contribution in [3.63, 3.8) is 0 Å². The fraction of sp³-hybridized carbons (Fsp3) is 0. The molecule has 3 heteroatoms. The molecular weight excluding hydrogens is 691 g/mol. The Morgan fingerprint density at radius 1 is 0.211 bits per heavy atom. The highest BCUT2D eigenvalue weighted by molar-refractivity contribution is 5.85. The van der Waals surface area contributed by atoms with Gasteiger partial charge in [-0.1, -0.05) is 170 Å². The Morgan fingerprint density at radius 2 is 0.526 bits per heavy atom. The topological polar surface area (TPSA) is 27.3 Å². The van der Waals surface area contributed by atoms with E-state index in [1.807, 2.05) is 0 Å². The molecule has 9 aromatic carbocycles. The van der Waals surface area contributed by atoms with Crippen molar-refractivity contribution in [3.8, 4) is 44.5 Å². The minimum Gasteiger partial charge on any atom is -0.355 e. The largest absolute Gasteiger partial charge is 0.355 e. The van der Waals surface area contributed by atoms with E-state index < -0.39 is 0 Å². The molecule has 0 saturated carbocycles. The van der Waals surface area contributed by atoms with E-state index in [1.165, 1.54) is 33.4 Å². The average molecular weight is 732 g/mol. The lowest BCUT2D eigenvalue weighted by atomic mass is 10.0. The van der Waals surface area contributed by atoms with Crippen molar-refractivity contribution < 1.29 is 0 Å². The summed E-state index contributed by atoms with van der Waals surface area (Å²) in [6.45, 7) is 0. The summed E-state index contributed by atoms with van der Waals surface area (Å²) in [5.41, 5.74) is 16.5. The molecule has 0 bridgehead atoms. The maximum absolute atomic E-state index is 3.77. The Labute approximate surface area is 335 Å². The van der Waals surface area contributed by atoms with Crippen molar-refractivity contribution in [1.29, 1.82) is 0 Å². The zero-order valence-electron chi connectivity index (χ0n) is 31.5. The molecule has 0 aliphatic rings. The van der Waals surface area contributed by atoms with Crippen LogP contribution in [0.2, 0.25) is 0 Å². The van der Waals surface area contributed by atoms with Gasteiger partial charge >= 0.3 is 0 Å². The molecule has 0 saturated heterocycles. The van der Waals surface area contributed by atoms with E-state index in [1.54, 1.807) is 0 Å². The fourth-order valence-electron chi connectivity index (χ4n) is 7.35. The Hall–Kier alpha value is -7.62. The second kappa shape index (κ2) is 16.4. The first-order valence-electron chi connectivity index (χ1n) is 19.3. The van der Waals surface area contributed by atoms with Crippen LogP contribution in [0, 0.1) is 0 Å². The van der Waals surface area contributed by atoms with Crippen molar-refractivity contribution in [1.82, 2.24) is 0 Å². The monoisotopic (exact) mass is 731 g/mol. The standard InChI is InChI=1S/C54H41N3/c1-5-15-40(16-6-1)44-27-31-52(32-28-44)57(53-33-29-45(30-34-53)41-17-7-2-8-18-41)54-38-50(55-48-25-13-23-46(35-48)42-19-9-3-10-20-42)37-51(39-54)56-49-26-14-24-47(36-49)43-21-11-4-12-22-43/h1-39,55-56H. The SMILES string of the molecule is c1ccc(-c2ccc(N(c3ccc(-c4ccccc4)cc3)c3cc(Nc4cccc(-c5ccccc5)c4)cc(Nc4cccc(-c5ccccc5)c4)c3)cc2)cc1. The molecule has 0 heterocycles. The summed E-state index contributed by atoms with van der Waals surface area (Å²) in [5, 5.41) is 7.54. The maximum atomic E-state index is 3.77. The zero-order valence-corrected chi connectivity index (χ0v) is 31.5. The van der Waals surface area contributed by atoms with Crippen LogP contribution in [-0.2, 0) is 0 Å². The maximum Gasteiger partial charge on any atom is 0.0502 e. The molecule has 0 spiro atoms. The highest BCUT2D eigenvalue weighted by Gasteiger charge is 2.16. The number of hydrogen-bond acceptors (Lipinski definition) is 3. The van der Waals surface area contributed by atoms with Crippen LogP contribution in [0.5, 0.6) is 0 Å². The van der Waals surface area contributed by atoms with Gasteiger partial charge in [0.25, 0.3) is 0 Å². The summed E-state index contributed by atoms with van der Waals surface area (Å²) in [6, 6.07) is 83.6. The Kier molecular flexibility index (Phi) is 10.1. The van der Waals surface area contributed by atoms with Gasteiger partial charge in [0.1, 0.15) is 0 Å². The zero-order chi connectivity index (χ0) is 38.2. The van der Waals surface area contributed by atoms with Gasteiger partial charge in [0.15, 0.2) is 0 Å². The molecule has 0 fully saturated rings. The van der Waals surface area contributed by atoms with Crippen molar-refractivity contribution in [2.24, 2.45) is 0 Å². The Bertz CT molecular complexity index is 2510. The lowest BCUT2D eigenvalue weighted by Gasteiger charge is -2.27. The van der Waals surface area contributed by atoms with Gasteiger partial charge in [0.2, 0.25) is 0 Å². The normalized spacial score (nSPS) is 10.8. The predicted octanol–water partition coefficient (Wildman–Crippen LogP) is 15.3. The molecule has 9 rings (SSSR count). The number of anilines is 7. The number of rotatable bonds is 11. The molecule has 0 aliphatic carbocycles. The molecule has 0 radical (unpaired) electrons. The van der Waals surface area contributed by atoms with Gasteiger partial charge in [0, 0.05) is 34.1 Å². The molecule has 9 aromatic rings. The molecule has 57 heavy (non-hydrogen) atoms. The predicted molar refractivity (Wildman–Crippen MR) is 242 cm³/mol. The van der Waals surface area contributed by atoms with Crippen molar-refractivity contribution in [2.45, 2.75) is 0 Å². The minimum atomic E-state index is 0.964. The molecular formula is C54H41N3. The molecule has 0 aliphatic heterocycles. The van der Waals surface area contributed by atoms with E-state index >= 15 is 0 Å². The second-order valence-electron chi connectivity index (χ2n) is 14.1. The van der Waals surface area contributed by atoms with Crippen LogP contribution in [0.25, 0.3) is 44.5 Å². The molecule has 0 unspecified atom stereocenters. The van der Waals surface area contributed by atoms with E-state index in [4.69, 9.17) is 0 Å². The molecule has 2 N–H and O–H groups in total. The lowest BCUT2D eigenvalue weighted by Crippen LogP contribution is -2.11. The van der Waals surface area contributed by atoms with E-state index in [0.29, 0.717) is 0 Å². The van der Waals surface area contributed by atoms with Gasteiger partial charge in [-0.2, -0.15) is 0 Å². The van der Waals surface area contributed by atoms with Crippen molar-refractivity contribution in [2.75, 3.05) is 15.5 Å². The van der Waals surface area contributed by atoms with Gasteiger partial charge in [0.05, 0.1) is 5.69 Å². The van der Waals surface area contributed by atoms with Gasteiger partial charge in [-0.25, -0.2) is 0 Å². The van der Waals surface area contributed by atoms with E-state index in [-0.39, 0.29) is 0 Å². The number of nitrogens with one attached hydrogen (secondary N) is 2. The van der Waals surface area contributed by atoms with Crippen LogP contribution < -0.4 is 15.5 Å². The molecule has 0 aromatic heterocycles. The molecule has 272 valence electrons. The van der Waals surface area contributed by atoms with E-state index in [9.17, 15) is 0 Å². The highest BCUT2D eigenvalue weighted by atomic mass is 15.1. The lowest BCUT2D eigenvalue weighted by molar-refractivity contribution is 1.28. The van der Waals surface area contributed by atoms with Crippen molar-refractivity contribution >= 4 is 39.8 Å². The molecule has 3 nitrogen and oxygen atoms in total. The number of hydrogen-bond donors (Lipinski definition) is 2. The average Bonchev–Trinajstić information content (AvgIpc) is 3.28. The van der Waals surface area contributed by atoms with Crippen LogP contribution >= 0.6 is 0 Å². The van der Waals surface area contributed by atoms with Crippen LogP contribution in [0.15, 0.2) is 237 Å². The van der Waals surface area contributed by atoms with Gasteiger partial charge in [-0.15, -0.1) is 0 Å². The van der Waals surface area contributed by atoms with Crippen LogP contribution in [-0.4, -0.2) is 0 Å². The summed E-state index contributed by atoms with van der Waals surface area (Å²) in [6.07, 6.45) is 0. The van der Waals surface area contributed by atoms with Gasteiger partial charge in [-0.05, 0) is 111 Å². The first-order chi connectivity index (χ1) is 28.2. The summed E-state index contributed by atoms with van der Waals surface area (Å²) in [5.74, 6) is 0. The fourth-order valence-corrected chi connectivity index (χ4v) is 7.35. The first kappa shape index (κ1) is 35.1. The molecule has 0 atom stereocenters. The number of benzene rings is 9. The Balaban J connectivity index is 1.15. The van der Waals surface area contributed by atoms with E-state index in [2.05, 4.69) is 252 Å². The second-order valence-corrected chi connectivity index (χ2v) is 14.1. The third kappa shape index (κ3) is 8.24. The van der Waals surface area contributed by atoms with E-state index in [0.717, 1.165) is 50.9 Å². The first-order valence-corrected chi connectivity index (χ1v) is 19.3. The van der Waals surface area contributed by atoms with Gasteiger partial charge in [-0.3, -0.25) is 0 Å². The van der Waals surface area contributed by atoms with Gasteiger partial charge < -0.3 is 15.5 Å². The summed E-state index contributed by atoms with van der Waals surface area (Å²) in [4.78, 5) is 2.33. The smallest absolute Gasteiger partial charge is 0.0502 e. The number of nitrogens with zero attached hydrogens (tertiary/aromatic N) is 1. The third-order valence-electron chi connectivity index (χ3n) is 10.2. The van der Waals surface area contributed by atoms with Crippen molar-refractivity contribution in [3.05, 3.63) is 237 Å².